The highest BCUT2D eigenvalue weighted by atomic mass is 35.5. The van der Waals surface area contributed by atoms with Crippen LogP contribution < -0.4 is 5.32 Å². The van der Waals surface area contributed by atoms with Crippen molar-refractivity contribution in [1.29, 1.82) is 0 Å². The van der Waals surface area contributed by atoms with Crippen LogP contribution in [-0.4, -0.2) is 48.3 Å². The van der Waals surface area contributed by atoms with Crippen molar-refractivity contribution in [3.63, 3.8) is 0 Å². The molecule has 2 aromatic rings. The minimum Gasteiger partial charge on any atom is -0.347 e. The van der Waals surface area contributed by atoms with Crippen molar-refractivity contribution < 1.29 is 35.9 Å². The summed E-state index contributed by atoms with van der Waals surface area (Å²) in [5.74, 6) is -5.72. The predicted molar refractivity (Wildman–Crippen MR) is 137 cm³/mol. The quantitative estimate of drug-likeness (QED) is 0.491. The van der Waals surface area contributed by atoms with Crippen LogP contribution in [0.25, 0.3) is 0 Å². The lowest BCUT2D eigenvalue weighted by Crippen LogP contribution is -2.51. The van der Waals surface area contributed by atoms with Gasteiger partial charge in [0.1, 0.15) is 5.72 Å². The van der Waals surface area contributed by atoms with Crippen LogP contribution in [0.1, 0.15) is 56.8 Å². The highest BCUT2D eigenvalue weighted by molar-refractivity contribution is 7.92. The molecule has 5 rings (SSSR count). The molecule has 2 amide bonds. The molecule has 12 heteroatoms. The Morgan fingerprint density at radius 2 is 1.64 bits per heavy atom. The zero-order valence-corrected chi connectivity index (χ0v) is 23.1. The first-order chi connectivity index (χ1) is 18.2. The molecule has 2 atom stereocenters. The number of ether oxygens (including phenoxy) is 1. The van der Waals surface area contributed by atoms with Crippen LogP contribution in [0.4, 0.5) is 18.9 Å². The van der Waals surface area contributed by atoms with Gasteiger partial charge < -0.3 is 15.0 Å². The summed E-state index contributed by atoms with van der Waals surface area (Å²) in [4.78, 5) is 26.5. The zero-order valence-electron chi connectivity index (χ0n) is 21.6. The molecule has 2 unspecified atom stereocenters. The second-order valence-corrected chi connectivity index (χ2v) is 13.7. The number of rotatable bonds is 4. The Bertz CT molecular complexity index is 1440. The average molecular weight is 585 g/mol. The van der Waals surface area contributed by atoms with Crippen LogP contribution in [0.15, 0.2) is 35.2 Å². The normalized spacial score (nSPS) is 27.7. The summed E-state index contributed by atoms with van der Waals surface area (Å²) in [6.07, 6.45) is 2.20. The number of carbonyl (C=O) groups excluding carboxylic acids is 2. The Hall–Kier alpha value is -2.63. The van der Waals surface area contributed by atoms with Crippen molar-refractivity contribution in [3.05, 3.63) is 58.4 Å². The minimum absolute atomic E-state index is 0.0564. The molecule has 2 saturated carbocycles. The summed E-state index contributed by atoms with van der Waals surface area (Å²) < 4.78 is 74.6. The lowest BCUT2D eigenvalue weighted by Gasteiger charge is -2.43. The van der Waals surface area contributed by atoms with E-state index in [-0.39, 0.29) is 38.9 Å². The molecule has 0 radical (unpaired) electrons. The standard InChI is InChI=1S/C27H28ClF3N2O5S/c1-14(34)33-13-27(38-26(33,2)3)16-5-6-17(27)10-19(9-16)39(36,37)23-8-15(4-7-20(23)28)25(35)32-18-11-21(29)24(31)22(30)12-18/h4,7-8,11-12,16-17,19H,5-6,9-10,13H2,1-3H3,(H,32,35). The van der Waals surface area contributed by atoms with E-state index in [9.17, 15) is 31.2 Å². The first kappa shape index (κ1) is 27.9. The van der Waals surface area contributed by atoms with E-state index >= 15 is 0 Å². The van der Waals surface area contributed by atoms with Crippen molar-refractivity contribution in [2.45, 2.75) is 67.9 Å². The van der Waals surface area contributed by atoms with Crippen molar-refractivity contribution >= 4 is 38.9 Å². The third-order valence-electron chi connectivity index (χ3n) is 8.40. The van der Waals surface area contributed by atoms with Gasteiger partial charge in [-0.15, -0.1) is 0 Å². The van der Waals surface area contributed by atoms with E-state index in [2.05, 4.69) is 5.32 Å². The number of nitrogens with one attached hydrogen (secondary N) is 1. The van der Waals surface area contributed by atoms with Crippen molar-refractivity contribution in [2.75, 3.05) is 11.9 Å². The molecule has 39 heavy (non-hydrogen) atoms. The monoisotopic (exact) mass is 584 g/mol. The second-order valence-electron chi connectivity index (χ2n) is 11.1. The molecule has 2 bridgehead atoms. The summed E-state index contributed by atoms with van der Waals surface area (Å²) in [6, 6.07) is 4.95. The number of hydrogen-bond acceptors (Lipinski definition) is 5. The van der Waals surface area contributed by atoms with Crippen LogP contribution in [0.3, 0.4) is 0 Å². The maximum Gasteiger partial charge on any atom is 0.255 e. The van der Waals surface area contributed by atoms with Gasteiger partial charge in [-0.3, -0.25) is 9.59 Å². The van der Waals surface area contributed by atoms with Gasteiger partial charge >= 0.3 is 0 Å². The first-order valence-corrected chi connectivity index (χ1v) is 14.6. The van der Waals surface area contributed by atoms with Crippen molar-refractivity contribution in [2.24, 2.45) is 11.8 Å². The van der Waals surface area contributed by atoms with E-state index in [1.54, 1.807) is 4.90 Å². The molecule has 3 fully saturated rings. The Kier molecular flexibility index (Phi) is 6.79. The molecule has 7 nitrogen and oxygen atoms in total. The molecule has 2 aliphatic carbocycles. The van der Waals surface area contributed by atoms with Crippen molar-refractivity contribution in [1.82, 2.24) is 4.90 Å². The lowest BCUT2D eigenvalue weighted by atomic mass is 9.74. The number of sulfone groups is 1. The van der Waals surface area contributed by atoms with E-state index in [0.29, 0.717) is 31.5 Å². The predicted octanol–water partition coefficient (Wildman–Crippen LogP) is 5.33. The number of nitrogens with zero attached hydrogens (tertiary/aromatic N) is 1. The largest absolute Gasteiger partial charge is 0.347 e. The number of anilines is 1. The van der Waals surface area contributed by atoms with Gasteiger partial charge in [-0.05, 0) is 69.6 Å². The third-order valence-corrected chi connectivity index (χ3v) is 11.1. The fourth-order valence-corrected chi connectivity index (χ4v) is 9.02. The summed E-state index contributed by atoms with van der Waals surface area (Å²) in [7, 11) is -3.99. The number of halogens is 4. The number of hydrogen-bond donors (Lipinski definition) is 1. The van der Waals surface area contributed by atoms with Gasteiger partial charge in [0.15, 0.2) is 27.3 Å². The molecule has 0 aromatic heterocycles. The van der Waals surface area contributed by atoms with Gasteiger partial charge in [-0.25, -0.2) is 21.6 Å². The molecule has 1 heterocycles. The molecule has 1 spiro atoms. The molecule has 210 valence electrons. The maximum absolute atomic E-state index is 13.8. The topological polar surface area (TPSA) is 92.8 Å². The van der Waals surface area contributed by atoms with Crippen LogP contribution in [0.2, 0.25) is 5.02 Å². The zero-order chi connectivity index (χ0) is 28.5. The highest BCUT2D eigenvalue weighted by Crippen LogP contribution is 2.58. The van der Waals surface area contributed by atoms with Gasteiger partial charge in [0.25, 0.3) is 5.91 Å². The summed E-state index contributed by atoms with van der Waals surface area (Å²) in [5, 5.41) is 1.43. The van der Waals surface area contributed by atoms with E-state index in [0.717, 1.165) is 18.9 Å². The van der Waals surface area contributed by atoms with Crippen LogP contribution in [0, 0.1) is 29.3 Å². The second kappa shape index (κ2) is 9.49. The Labute approximate surface area is 229 Å². The molecule has 1 saturated heterocycles. The fraction of sp³-hybridized carbons (Fsp3) is 0.481. The summed E-state index contributed by atoms with van der Waals surface area (Å²) >= 11 is 6.30. The molecule has 3 aliphatic rings. The van der Waals surface area contributed by atoms with E-state index in [4.69, 9.17) is 16.3 Å². The Morgan fingerprint density at radius 1 is 1.05 bits per heavy atom. The Morgan fingerprint density at radius 3 is 2.18 bits per heavy atom. The maximum atomic E-state index is 13.8. The first-order valence-electron chi connectivity index (χ1n) is 12.6. The van der Waals surface area contributed by atoms with E-state index in [1.165, 1.54) is 19.1 Å². The fourth-order valence-electron chi connectivity index (χ4n) is 6.62. The smallest absolute Gasteiger partial charge is 0.255 e. The molecule has 2 aromatic carbocycles. The molecular weight excluding hydrogens is 557 g/mol. The molecular formula is C27H28ClF3N2O5S. The average Bonchev–Trinajstić information content (AvgIpc) is 3.19. The minimum atomic E-state index is -3.99. The van der Waals surface area contributed by atoms with E-state index < -0.39 is 49.8 Å². The Balaban J connectivity index is 1.39. The summed E-state index contributed by atoms with van der Waals surface area (Å²) in [6.45, 7) is 5.60. The molecule has 1 aliphatic heterocycles. The number of benzene rings is 2. The van der Waals surface area contributed by atoms with Gasteiger partial charge in [0, 0.05) is 30.3 Å². The van der Waals surface area contributed by atoms with Crippen molar-refractivity contribution in [3.8, 4) is 0 Å². The van der Waals surface area contributed by atoms with Crippen LogP contribution in [-0.2, 0) is 19.4 Å². The van der Waals surface area contributed by atoms with Gasteiger partial charge in [-0.2, -0.15) is 0 Å². The lowest BCUT2D eigenvalue weighted by molar-refractivity contribution is -0.164. The highest BCUT2D eigenvalue weighted by Gasteiger charge is 2.64. The SMILES string of the molecule is CC(=O)N1CC2(OC1(C)C)C1CCC2CC(S(=O)(=O)c2cc(C(=O)Nc3cc(F)c(F)c(F)c3)ccc2Cl)C1. The van der Waals surface area contributed by atoms with Crippen LogP contribution in [0.5, 0.6) is 0 Å². The van der Waals surface area contributed by atoms with Crippen LogP contribution >= 0.6 is 11.6 Å². The number of carbonyl (C=O) groups is 2. The molecule has 1 N–H and O–H groups in total. The van der Waals surface area contributed by atoms with Gasteiger partial charge in [0.2, 0.25) is 5.91 Å². The van der Waals surface area contributed by atoms with Gasteiger partial charge in [-0.1, -0.05) is 11.6 Å². The van der Waals surface area contributed by atoms with E-state index in [1.807, 2.05) is 13.8 Å². The third kappa shape index (κ3) is 4.62. The summed E-state index contributed by atoms with van der Waals surface area (Å²) in [5.41, 5.74) is -1.83. The number of amides is 2. The van der Waals surface area contributed by atoms with Gasteiger partial charge in [0.05, 0.1) is 27.3 Å².